The predicted molar refractivity (Wildman–Crippen MR) is 112 cm³/mol. The number of aromatic nitrogens is 1. The first kappa shape index (κ1) is 20.3. The average molecular weight is 437 g/mol. The summed E-state index contributed by atoms with van der Waals surface area (Å²) in [5, 5.41) is 3.30. The van der Waals surface area contributed by atoms with Crippen molar-refractivity contribution in [1.29, 1.82) is 0 Å². The minimum absolute atomic E-state index is 0.150. The lowest BCUT2D eigenvalue weighted by Crippen LogP contribution is -2.37. The molecule has 2 aliphatic rings. The van der Waals surface area contributed by atoms with Gasteiger partial charge in [-0.25, -0.2) is 13.4 Å². The van der Waals surface area contributed by atoms with E-state index in [-0.39, 0.29) is 10.8 Å². The standard InChI is InChI=1S/C19H24N4O4S2/c1-14-13-20-19(28-14)21-18(24)16-12-15(29(25,26)23-6-2-3-7-23)4-5-17(16)22-8-10-27-11-9-22/h4-5,12-13H,2-3,6-11H2,1H3,(H,20,21,24). The molecule has 0 bridgehead atoms. The normalized spacial score (nSPS) is 18.2. The van der Waals surface area contributed by atoms with E-state index in [4.69, 9.17) is 4.74 Å². The molecule has 0 unspecified atom stereocenters. The Labute approximate surface area is 174 Å². The smallest absolute Gasteiger partial charge is 0.259 e. The number of amides is 1. The van der Waals surface area contributed by atoms with E-state index in [0.29, 0.717) is 55.8 Å². The molecule has 1 N–H and O–H groups in total. The molecule has 0 aliphatic carbocycles. The van der Waals surface area contributed by atoms with Gasteiger partial charge in [-0.15, -0.1) is 11.3 Å². The first-order valence-electron chi connectivity index (χ1n) is 9.66. The Kier molecular flexibility index (Phi) is 5.86. The molecule has 0 spiro atoms. The molecule has 29 heavy (non-hydrogen) atoms. The first-order valence-corrected chi connectivity index (χ1v) is 11.9. The number of nitrogens with one attached hydrogen (secondary N) is 1. The summed E-state index contributed by atoms with van der Waals surface area (Å²) in [5.41, 5.74) is 1.04. The summed E-state index contributed by atoms with van der Waals surface area (Å²) in [5.74, 6) is -0.362. The Morgan fingerprint density at radius 2 is 1.90 bits per heavy atom. The molecule has 2 aromatic rings. The Morgan fingerprint density at radius 1 is 1.17 bits per heavy atom. The number of carbonyl (C=O) groups is 1. The van der Waals surface area contributed by atoms with Crippen molar-refractivity contribution in [3.63, 3.8) is 0 Å². The predicted octanol–water partition coefficient (Wildman–Crippen LogP) is 2.32. The highest BCUT2D eigenvalue weighted by Gasteiger charge is 2.29. The van der Waals surface area contributed by atoms with Crippen LogP contribution in [0.3, 0.4) is 0 Å². The molecule has 0 atom stereocenters. The molecule has 2 aliphatic heterocycles. The fourth-order valence-corrected chi connectivity index (χ4v) is 5.80. The molecule has 4 rings (SSSR count). The van der Waals surface area contributed by atoms with Crippen molar-refractivity contribution in [2.75, 3.05) is 49.6 Å². The van der Waals surface area contributed by atoms with Crippen LogP contribution in [0.15, 0.2) is 29.3 Å². The SMILES string of the molecule is Cc1cnc(NC(=O)c2cc(S(=O)(=O)N3CCCC3)ccc2N2CCOCC2)s1. The second kappa shape index (κ2) is 8.39. The highest BCUT2D eigenvalue weighted by Crippen LogP contribution is 2.29. The molecule has 3 heterocycles. The van der Waals surface area contributed by atoms with Gasteiger partial charge in [0.25, 0.3) is 5.91 Å². The van der Waals surface area contributed by atoms with Crippen molar-refractivity contribution in [1.82, 2.24) is 9.29 Å². The molecule has 10 heteroatoms. The van der Waals surface area contributed by atoms with Gasteiger partial charge >= 0.3 is 0 Å². The molecular weight excluding hydrogens is 412 g/mol. The molecule has 0 radical (unpaired) electrons. The second-order valence-corrected chi connectivity index (χ2v) is 10.3. The van der Waals surface area contributed by atoms with Gasteiger partial charge in [0.15, 0.2) is 5.13 Å². The topological polar surface area (TPSA) is 91.8 Å². The third-order valence-corrected chi connectivity index (χ3v) is 7.83. The van der Waals surface area contributed by atoms with E-state index in [1.54, 1.807) is 18.3 Å². The molecule has 2 fully saturated rings. The van der Waals surface area contributed by atoms with Crippen molar-refractivity contribution >= 4 is 38.1 Å². The quantitative estimate of drug-likeness (QED) is 0.773. The molecule has 0 saturated carbocycles. The Bertz CT molecular complexity index is 993. The van der Waals surface area contributed by atoms with Crippen molar-refractivity contribution < 1.29 is 17.9 Å². The summed E-state index contributed by atoms with van der Waals surface area (Å²) in [6.07, 6.45) is 3.42. The van der Waals surface area contributed by atoms with E-state index in [2.05, 4.69) is 15.2 Å². The van der Waals surface area contributed by atoms with E-state index >= 15 is 0 Å². The Morgan fingerprint density at radius 3 is 2.55 bits per heavy atom. The number of hydrogen-bond donors (Lipinski definition) is 1. The van der Waals surface area contributed by atoms with Crippen molar-refractivity contribution in [2.45, 2.75) is 24.7 Å². The Balaban J connectivity index is 1.70. The van der Waals surface area contributed by atoms with Gasteiger partial charge in [-0.05, 0) is 38.0 Å². The number of nitrogens with zero attached hydrogens (tertiary/aromatic N) is 3. The van der Waals surface area contributed by atoms with Crippen LogP contribution in [0.4, 0.5) is 10.8 Å². The maximum Gasteiger partial charge on any atom is 0.259 e. The molecular formula is C19H24N4O4S2. The van der Waals surface area contributed by atoms with E-state index < -0.39 is 10.0 Å². The van der Waals surface area contributed by atoms with Crippen molar-refractivity contribution in [3.8, 4) is 0 Å². The number of aryl methyl sites for hydroxylation is 1. The zero-order valence-corrected chi connectivity index (χ0v) is 17.9. The maximum absolute atomic E-state index is 13.1. The molecule has 156 valence electrons. The van der Waals surface area contributed by atoms with Crippen LogP contribution in [-0.2, 0) is 14.8 Å². The fraction of sp³-hybridized carbons (Fsp3) is 0.474. The lowest BCUT2D eigenvalue weighted by atomic mass is 10.1. The summed E-state index contributed by atoms with van der Waals surface area (Å²) in [6, 6.07) is 4.83. The van der Waals surface area contributed by atoms with E-state index in [1.807, 2.05) is 6.92 Å². The number of morpholine rings is 1. The number of thiazole rings is 1. The summed E-state index contributed by atoms with van der Waals surface area (Å²) < 4.78 is 32.9. The van der Waals surface area contributed by atoms with Crippen molar-refractivity contribution in [3.05, 3.63) is 34.8 Å². The van der Waals surface area contributed by atoms with Crippen LogP contribution in [0.5, 0.6) is 0 Å². The zero-order valence-electron chi connectivity index (χ0n) is 16.3. The number of carbonyl (C=O) groups excluding carboxylic acids is 1. The minimum Gasteiger partial charge on any atom is -0.378 e. The number of hydrogen-bond acceptors (Lipinski definition) is 7. The fourth-order valence-electron chi connectivity index (χ4n) is 3.59. The highest BCUT2D eigenvalue weighted by atomic mass is 32.2. The number of benzene rings is 1. The highest BCUT2D eigenvalue weighted by molar-refractivity contribution is 7.89. The summed E-state index contributed by atoms with van der Waals surface area (Å²) in [6.45, 7) is 5.39. The largest absolute Gasteiger partial charge is 0.378 e. The van der Waals surface area contributed by atoms with E-state index in [1.165, 1.54) is 21.7 Å². The summed E-state index contributed by atoms with van der Waals surface area (Å²) in [7, 11) is -3.61. The summed E-state index contributed by atoms with van der Waals surface area (Å²) >= 11 is 1.38. The van der Waals surface area contributed by atoms with Crippen LogP contribution in [0, 0.1) is 6.92 Å². The number of sulfonamides is 1. The van der Waals surface area contributed by atoms with Gasteiger partial charge in [0, 0.05) is 42.9 Å². The monoisotopic (exact) mass is 436 g/mol. The third-order valence-electron chi connectivity index (χ3n) is 5.11. The van der Waals surface area contributed by atoms with Crippen molar-refractivity contribution in [2.24, 2.45) is 0 Å². The Hall–Kier alpha value is -2.01. The maximum atomic E-state index is 13.1. The molecule has 1 aromatic heterocycles. The van der Waals surface area contributed by atoms with Crippen LogP contribution in [0.1, 0.15) is 28.1 Å². The van der Waals surface area contributed by atoms with Gasteiger partial charge in [0.2, 0.25) is 10.0 Å². The minimum atomic E-state index is -3.61. The van der Waals surface area contributed by atoms with Crippen LogP contribution in [0.25, 0.3) is 0 Å². The van der Waals surface area contributed by atoms with E-state index in [9.17, 15) is 13.2 Å². The van der Waals surface area contributed by atoms with Crippen LogP contribution < -0.4 is 10.2 Å². The molecule has 1 aromatic carbocycles. The van der Waals surface area contributed by atoms with Crippen LogP contribution >= 0.6 is 11.3 Å². The first-order chi connectivity index (χ1) is 13.9. The molecule has 1 amide bonds. The van der Waals surface area contributed by atoms with Gasteiger partial charge in [-0.2, -0.15) is 4.31 Å². The van der Waals surface area contributed by atoms with Gasteiger partial charge in [0.05, 0.1) is 23.7 Å². The third kappa shape index (κ3) is 4.30. The number of anilines is 2. The van der Waals surface area contributed by atoms with Gasteiger partial charge in [0.1, 0.15) is 0 Å². The molecule has 2 saturated heterocycles. The van der Waals surface area contributed by atoms with E-state index in [0.717, 1.165) is 17.7 Å². The zero-order chi connectivity index (χ0) is 20.4. The second-order valence-electron chi connectivity index (χ2n) is 7.12. The van der Waals surface area contributed by atoms with Gasteiger partial charge < -0.3 is 9.64 Å². The number of rotatable bonds is 5. The lowest BCUT2D eigenvalue weighted by molar-refractivity contribution is 0.102. The van der Waals surface area contributed by atoms with Gasteiger partial charge in [-0.1, -0.05) is 0 Å². The van der Waals surface area contributed by atoms with Crippen LogP contribution in [-0.4, -0.2) is 63.0 Å². The van der Waals surface area contributed by atoms with Gasteiger partial charge in [-0.3, -0.25) is 10.1 Å². The average Bonchev–Trinajstić information content (AvgIpc) is 3.40. The van der Waals surface area contributed by atoms with Crippen LogP contribution in [0.2, 0.25) is 0 Å². The molecule has 8 nitrogen and oxygen atoms in total. The summed E-state index contributed by atoms with van der Waals surface area (Å²) in [4.78, 5) is 20.4. The lowest BCUT2D eigenvalue weighted by Gasteiger charge is -2.30. The number of ether oxygens (including phenoxy) is 1.